The van der Waals surface area contributed by atoms with Crippen LogP contribution in [0.15, 0.2) is 18.3 Å². The molecule has 1 aliphatic heterocycles. The summed E-state index contributed by atoms with van der Waals surface area (Å²) in [6, 6.07) is 4.24. The predicted octanol–water partition coefficient (Wildman–Crippen LogP) is 1.57. The van der Waals surface area contributed by atoms with Gasteiger partial charge in [0, 0.05) is 37.2 Å². The predicted molar refractivity (Wildman–Crippen MR) is 64.8 cm³/mol. The van der Waals surface area contributed by atoms with E-state index >= 15 is 0 Å². The lowest BCUT2D eigenvalue weighted by atomic mass is 10.1. The van der Waals surface area contributed by atoms with E-state index in [4.69, 9.17) is 4.74 Å². The summed E-state index contributed by atoms with van der Waals surface area (Å²) in [5.74, 6) is -0.276. The molecule has 0 saturated carbocycles. The lowest BCUT2D eigenvalue weighted by Crippen LogP contribution is -2.00. The molecule has 0 radical (unpaired) electrons. The van der Waals surface area contributed by atoms with Crippen molar-refractivity contribution in [1.82, 2.24) is 9.88 Å². The number of carbonyl (C=O) groups is 1. The first-order valence-corrected chi connectivity index (χ1v) is 5.60. The van der Waals surface area contributed by atoms with Crippen molar-refractivity contribution in [1.29, 1.82) is 0 Å². The smallest absolute Gasteiger partial charge is 0.340 e. The number of esters is 1. The molecule has 0 fully saturated rings. The van der Waals surface area contributed by atoms with Crippen LogP contribution in [-0.4, -0.2) is 17.6 Å². The van der Waals surface area contributed by atoms with E-state index in [1.54, 1.807) is 0 Å². The van der Waals surface area contributed by atoms with Gasteiger partial charge in [0.15, 0.2) is 0 Å². The van der Waals surface area contributed by atoms with Gasteiger partial charge in [0.05, 0.1) is 12.7 Å². The number of nitrogens with one attached hydrogen (secondary N) is 1. The quantitative estimate of drug-likeness (QED) is 0.756. The van der Waals surface area contributed by atoms with Crippen molar-refractivity contribution in [2.75, 3.05) is 7.11 Å². The fourth-order valence-corrected chi connectivity index (χ4v) is 2.45. The van der Waals surface area contributed by atoms with Gasteiger partial charge >= 0.3 is 5.97 Å². The topological polar surface area (TPSA) is 43.3 Å². The third kappa shape index (κ3) is 1.45. The molecule has 17 heavy (non-hydrogen) atoms. The number of nitrogens with zero attached hydrogens (tertiary/aromatic N) is 1. The second-order valence-electron chi connectivity index (χ2n) is 4.39. The minimum atomic E-state index is -0.276. The summed E-state index contributed by atoms with van der Waals surface area (Å²) in [7, 11) is 3.36. The first kappa shape index (κ1) is 10.4. The highest BCUT2D eigenvalue weighted by molar-refractivity contribution is 6.04. The van der Waals surface area contributed by atoms with E-state index in [9.17, 15) is 4.79 Å². The van der Waals surface area contributed by atoms with Gasteiger partial charge < -0.3 is 14.6 Å². The van der Waals surface area contributed by atoms with Crippen molar-refractivity contribution < 1.29 is 9.53 Å². The minimum absolute atomic E-state index is 0.276. The Bertz CT molecular complexity index is 613. The summed E-state index contributed by atoms with van der Waals surface area (Å²) >= 11 is 0. The van der Waals surface area contributed by atoms with Crippen molar-refractivity contribution in [3.63, 3.8) is 0 Å². The molecule has 2 heterocycles. The number of rotatable bonds is 1. The van der Waals surface area contributed by atoms with Crippen LogP contribution in [0.5, 0.6) is 0 Å². The molecule has 0 amide bonds. The van der Waals surface area contributed by atoms with Gasteiger partial charge in [-0.05, 0) is 23.3 Å². The Kier molecular flexibility index (Phi) is 2.19. The zero-order valence-corrected chi connectivity index (χ0v) is 9.91. The van der Waals surface area contributed by atoms with Gasteiger partial charge in [-0.1, -0.05) is 0 Å². The summed E-state index contributed by atoms with van der Waals surface area (Å²) in [4.78, 5) is 11.7. The zero-order valence-electron chi connectivity index (χ0n) is 9.91. The molecule has 0 aliphatic carbocycles. The number of hydrogen-bond donors (Lipinski definition) is 1. The molecule has 1 aliphatic rings. The Morgan fingerprint density at radius 2 is 2.06 bits per heavy atom. The molecule has 2 aromatic rings. The molecule has 0 spiro atoms. The van der Waals surface area contributed by atoms with Gasteiger partial charge in [-0.15, -0.1) is 0 Å². The van der Waals surface area contributed by atoms with Crippen molar-refractivity contribution >= 4 is 16.9 Å². The molecule has 88 valence electrons. The molecule has 0 saturated heterocycles. The minimum Gasteiger partial charge on any atom is -0.465 e. The average Bonchev–Trinajstić information content (AvgIpc) is 2.91. The van der Waals surface area contributed by atoms with Crippen LogP contribution in [0.2, 0.25) is 0 Å². The third-order valence-corrected chi connectivity index (χ3v) is 3.35. The average molecular weight is 230 g/mol. The van der Waals surface area contributed by atoms with Crippen LogP contribution in [-0.2, 0) is 24.9 Å². The van der Waals surface area contributed by atoms with E-state index in [2.05, 4.69) is 17.4 Å². The first-order valence-electron chi connectivity index (χ1n) is 5.60. The number of fused-ring (bicyclic) bond motifs is 2. The molecular formula is C13H14N2O2. The monoisotopic (exact) mass is 230 g/mol. The number of methoxy groups -OCH3 is 1. The number of ether oxygens (including phenoxy) is 1. The van der Waals surface area contributed by atoms with Crippen molar-refractivity contribution in [3.8, 4) is 0 Å². The maximum Gasteiger partial charge on any atom is 0.340 e. The van der Waals surface area contributed by atoms with Gasteiger partial charge in [-0.2, -0.15) is 0 Å². The molecule has 1 aromatic carbocycles. The van der Waals surface area contributed by atoms with Crippen LogP contribution in [0, 0.1) is 0 Å². The maximum atomic E-state index is 11.7. The summed E-state index contributed by atoms with van der Waals surface area (Å²) in [6.45, 7) is 1.78. The SMILES string of the molecule is COC(=O)c1cn(C)c2cc3c(cc12)CNC3. The molecule has 3 rings (SSSR count). The molecule has 1 N–H and O–H groups in total. The summed E-state index contributed by atoms with van der Waals surface area (Å²) in [5.41, 5.74) is 4.30. The van der Waals surface area contributed by atoms with Gasteiger partial charge in [0.25, 0.3) is 0 Å². The number of aromatic nitrogens is 1. The second-order valence-corrected chi connectivity index (χ2v) is 4.39. The Morgan fingerprint density at radius 1 is 1.35 bits per heavy atom. The molecule has 4 nitrogen and oxygen atoms in total. The fraction of sp³-hybridized carbons (Fsp3) is 0.308. The fourth-order valence-electron chi connectivity index (χ4n) is 2.45. The third-order valence-electron chi connectivity index (χ3n) is 3.35. The van der Waals surface area contributed by atoms with Gasteiger partial charge in [-0.25, -0.2) is 4.79 Å². The van der Waals surface area contributed by atoms with Gasteiger partial charge in [0.2, 0.25) is 0 Å². The molecule has 0 bridgehead atoms. The molecule has 0 atom stereocenters. The number of benzene rings is 1. The van der Waals surface area contributed by atoms with Crippen molar-refractivity contribution in [3.05, 3.63) is 35.0 Å². The lowest BCUT2D eigenvalue weighted by Gasteiger charge is -2.01. The summed E-state index contributed by atoms with van der Waals surface area (Å²) < 4.78 is 6.78. The standard InChI is InChI=1S/C13H14N2O2/c1-15-7-11(13(16)17-2)10-3-8-5-14-6-9(8)4-12(10)15/h3-4,7,14H,5-6H2,1-2H3. The van der Waals surface area contributed by atoms with Crippen LogP contribution in [0.25, 0.3) is 10.9 Å². The van der Waals surface area contributed by atoms with E-state index in [1.165, 1.54) is 18.2 Å². The van der Waals surface area contributed by atoms with Crippen LogP contribution in [0.1, 0.15) is 21.5 Å². The van der Waals surface area contributed by atoms with Crippen molar-refractivity contribution in [2.24, 2.45) is 7.05 Å². The number of carbonyl (C=O) groups excluding carboxylic acids is 1. The lowest BCUT2D eigenvalue weighted by molar-refractivity contribution is 0.0603. The Morgan fingerprint density at radius 3 is 2.76 bits per heavy atom. The second kappa shape index (κ2) is 3.60. The molecular weight excluding hydrogens is 216 g/mol. The highest BCUT2D eigenvalue weighted by Crippen LogP contribution is 2.27. The normalized spacial score (nSPS) is 14.0. The van der Waals surface area contributed by atoms with Crippen LogP contribution >= 0.6 is 0 Å². The first-order chi connectivity index (χ1) is 8.20. The van der Waals surface area contributed by atoms with E-state index in [1.807, 2.05) is 17.8 Å². The molecule has 0 unspecified atom stereocenters. The van der Waals surface area contributed by atoms with Gasteiger partial charge in [-0.3, -0.25) is 0 Å². The maximum absolute atomic E-state index is 11.7. The Balaban J connectivity index is 2.29. The Hall–Kier alpha value is -1.81. The largest absolute Gasteiger partial charge is 0.465 e. The van der Waals surface area contributed by atoms with Crippen LogP contribution in [0.3, 0.4) is 0 Å². The van der Waals surface area contributed by atoms with Crippen LogP contribution in [0.4, 0.5) is 0 Å². The number of hydrogen-bond acceptors (Lipinski definition) is 3. The highest BCUT2D eigenvalue weighted by Gasteiger charge is 2.18. The van der Waals surface area contributed by atoms with Crippen LogP contribution < -0.4 is 5.32 Å². The zero-order chi connectivity index (χ0) is 12.0. The molecule has 1 aromatic heterocycles. The van der Waals surface area contributed by atoms with Gasteiger partial charge in [0.1, 0.15) is 0 Å². The van der Waals surface area contributed by atoms with E-state index < -0.39 is 0 Å². The van der Waals surface area contributed by atoms with E-state index in [0.717, 1.165) is 24.0 Å². The number of aryl methyl sites for hydroxylation is 1. The Labute approximate surface area is 99.2 Å². The summed E-state index contributed by atoms with van der Waals surface area (Å²) in [5, 5.41) is 4.28. The van der Waals surface area contributed by atoms with Crippen molar-refractivity contribution in [2.45, 2.75) is 13.1 Å². The van der Waals surface area contributed by atoms with E-state index in [-0.39, 0.29) is 5.97 Å². The summed E-state index contributed by atoms with van der Waals surface area (Å²) in [6.07, 6.45) is 1.83. The van der Waals surface area contributed by atoms with E-state index in [0.29, 0.717) is 5.56 Å². The highest BCUT2D eigenvalue weighted by atomic mass is 16.5. The molecule has 4 heteroatoms.